The highest BCUT2D eigenvalue weighted by atomic mass is 19.4. The van der Waals surface area contributed by atoms with Crippen LogP contribution in [-0.4, -0.2) is 48.9 Å². The van der Waals surface area contributed by atoms with Gasteiger partial charge in [-0.2, -0.15) is 23.4 Å². The lowest BCUT2D eigenvalue weighted by Gasteiger charge is -2.25. The maximum absolute atomic E-state index is 13.1. The number of amides is 1. The van der Waals surface area contributed by atoms with Gasteiger partial charge < -0.3 is 4.90 Å². The highest BCUT2D eigenvalue weighted by Gasteiger charge is 2.30. The lowest BCUT2D eigenvalue weighted by molar-refractivity contribution is -0.137. The van der Waals surface area contributed by atoms with Crippen LogP contribution < -0.4 is 0 Å². The number of carbonyl (C=O) groups excluding carboxylic acids is 1. The first-order valence-corrected chi connectivity index (χ1v) is 9.30. The predicted octanol–water partition coefficient (Wildman–Crippen LogP) is 3.48. The maximum atomic E-state index is 13.1. The Morgan fingerprint density at radius 2 is 1.87 bits per heavy atom. The number of halogens is 3. The largest absolute Gasteiger partial charge is 0.417 e. The molecule has 7 nitrogen and oxygen atoms in total. The van der Waals surface area contributed by atoms with Crippen molar-refractivity contribution in [2.45, 2.75) is 38.9 Å². The molecule has 0 fully saturated rings. The minimum Gasteiger partial charge on any atom is -0.338 e. The molecule has 0 aliphatic carbocycles. The van der Waals surface area contributed by atoms with E-state index < -0.39 is 11.7 Å². The summed E-state index contributed by atoms with van der Waals surface area (Å²) >= 11 is 0. The monoisotopic (exact) mass is 418 g/mol. The summed E-state index contributed by atoms with van der Waals surface area (Å²) in [6.07, 6.45) is 0.408. The SMILES string of the molecule is Cc1ccc(-n2nccn2)c(C(=O)N(C)[C@@H](C)CCc2ccc(C(F)(F)F)cn2)n1. The average Bonchev–Trinajstić information content (AvgIpc) is 3.25. The number of carbonyl (C=O) groups is 1. The number of aryl methyl sites for hydroxylation is 2. The smallest absolute Gasteiger partial charge is 0.338 e. The lowest BCUT2D eigenvalue weighted by atomic mass is 10.1. The van der Waals surface area contributed by atoms with E-state index in [4.69, 9.17) is 0 Å². The van der Waals surface area contributed by atoms with Crippen molar-refractivity contribution in [3.8, 4) is 5.69 Å². The molecule has 0 saturated carbocycles. The fraction of sp³-hybridized carbons (Fsp3) is 0.350. The Balaban J connectivity index is 1.70. The van der Waals surface area contributed by atoms with E-state index in [-0.39, 0.29) is 17.6 Å². The standard InChI is InChI=1S/C20H21F3N6O/c1-13-4-9-17(29-25-10-11-26-29)18(27-13)19(30)28(3)14(2)5-7-16-8-6-15(12-24-16)20(21,22)23/h4,6,8-12,14H,5,7H2,1-3H3/t14-/m0/s1. The number of pyridine rings is 2. The van der Waals surface area contributed by atoms with Crippen LogP contribution >= 0.6 is 0 Å². The molecule has 0 radical (unpaired) electrons. The molecule has 10 heteroatoms. The first-order chi connectivity index (χ1) is 14.2. The van der Waals surface area contributed by atoms with Gasteiger partial charge in [0.2, 0.25) is 0 Å². The molecule has 0 aliphatic rings. The summed E-state index contributed by atoms with van der Waals surface area (Å²) in [6.45, 7) is 3.65. The average molecular weight is 418 g/mol. The van der Waals surface area contributed by atoms with Crippen LogP contribution in [0.1, 0.15) is 40.8 Å². The molecular formula is C20H21F3N6O. The number of hydrogen-bond acceptors (Lipinski definition) is 5. The number of rotatable bonds is 6. The van der Waals surface area contributed by atoms with E-state index in [2.05, 4.69) is 20.2 Å². The Morgan fingerprint density at radius 1 is 1.17 bits per heavy atom. The third-order valence-electron chi connectivity index (χ3n) is 4.80. The Labute approximate surface area is 171 Å². The summed E-state index contributed by atoms with van der Waals surface area (Å²) in [5.74, 6) is -0.293. The summed E-state index contributed by atoms with van der Waals surface area (Å²) in [4.78, 5) is 24.2. The van der Waals surface area contributed by atoms with Gasteiger partial charge in [0, 0.05) is 30.7 Å². The van der Waals surface area contributed by atoms with Gasteiger partial charge in [-0.05, 0) is 51.0 Å². The number of alkyl halides is 3. The highest BCUT2D eigenvalue weighted by molar-refractivity contribution is 5.95. The molecular weight excluding hydrogens is 397 g/mol. The Kier molecular flexibility index (Phi) is 6.14. The van der Waals surface area contributed by atoms with E-state index in [1.807, 2.05) is 6.92 Å². The second-order valence-electron chi connectivity index (χ2n) is 6.98. The third kappa shape index (κ3) is 4.81. The molecule has 1 atom stereocenters. The van der Waals surface area contributed by atoms with Crippen LogP contribution in [0.15, 0.2) is 42.9 Å². The van der Waals surface area contributed by atoms with Crippen LogP contribution in [-0.2, 0) is 12.6 Å². The van der Waals surface area contributed by atoms with Gasteiger partial charge in [0.25, 0.3) is 5.91 Å². The van der Waals surface area contributed by atoms with Crippen molar-refractivity contribution in [3.05, 3.63) is 65.5 Å². The minimum atomic E-state index is -4.41. The fourth-order valence-corrected chi connectivity index (χ4v) is 2.87. The molecule has 0 aliphatic heterocycles. The van der Waals surface area contributed by atoms with Crippen molar-refractivity contribution >= 4 is 5.91 Å². The van der Waals surface area contributed by atoms with Gasteiger partial charge in [0.05, 0.1) is 18.0 Å². The zero-order valence-electron chi connectivity index (χ0n) is 16.8. The molecule has 0 saturated heterocycles. The van der Waals surface area contributed by atoms with Crippen LogP contribution in [0.2, 0.25) is 0 Å². The predicted molar refractivity (Wildman–Crippen MR) is 103 cm³/mol. The second kappa shape index (κ2) is 8.60. The minimum absolute atomic E-state index is 0.192. The fourth-order valence-electron chi connectivity index (χ4n) is 2.87. The number of aromatic nitrogens is 5. The first-order valence-electron chi connectivity index (χ1n) is 9.30. The van der Waals surface area contributed by atoms with Gasteiger partial charge in [-0.1, -0.05) is 0 Å². The normalized spacial score (nSPS) is 12.6. The van der Waals surface area contributed by atoms with Crippen LogP contribution in [0.5, 0.6) is 0 Å². The molecule has 3 heterocycles. The molecule has 3 aromatic rings. The van der Waals surface area contributed by atoms with Crippen molar-refractivity contribution in [1.29, 1.82) is 0 Å². The summed E-state index contributed by atoms with van der Waals surface area (Å²) in [5, 5.41) is 8.14. The van der Waals surface area contributed by atoms with Gasteiger partial charge >= 0.3 is 6.18 Å². The topological polar surface area (TPSA) is 76.8 Å². The Bertz CT molecular complexity index is 1000. The Morgan fingerprint density at radius 3 is 2.47 bits per heavy atom. The number of nitrogens with zero attached hydrogens (tertiary/aromatic N) is 6. The molecule has 0 aromatic carbocycles. The zero-order chi connectivity index (χ0) is 21.9. The van der Waals surface area contributed by atoms with Gasteiger partial charge in [0.1, 0.15) is 5.69 Å². The molecule has 1 amide bonds. The zero-order valence-corrected chi connectivity index (χ0v) is 16.8. The molecule has 3 aromatic heterocycles. The highest BCUT2D eigenvalue weighted by Crippen LogP contribution is 2.28. The quantitative estimate of drug-likeness (QED) is 0.613. The lowest BCUT2D eigenvalue weighted by Crippen LogP contribution is -2.36. The van der Waals surface area contributed by atoms with Crippen molar-refractivity contribution < 1.29 is 18.0 Å². The van der Waals surface area contributed by atoms with Crippen LogP contribution in [0, 0.1) is 6.92 Å². The van der Waals surface area contributed by atoms with Gasteiger partial charge in [-0.25, -0.2) is 4.98 Å². The van der Waals surface area contributed by atoms with Crippen molar-refractivity contribution in [2.75, 3.05) is 7.05 Å². The summed E-state index contributed by atoms with van der Waals surface area (Å²) in [7, 11) is 1.66. The van der Waals surface area contributed by atoms with E-state index in [1.165, 1.54) is 23.3 Å². The van der Waals surface area contributed by atoms with Crippen LogP contribution in [0.25, 0.3) is 5.69 Å². The number of hydrogen-bond donors (Lipinski definition) is 0. The second-order valence-corrected chi connectivity index (χ2v) is 6.98. The van der Waals surface area contributed by atoms with E-state index in [0.29, 0.717) is 29.9 Å². The van der Waals surface area contributed by atoms with Crippen molar-refractivity contribution in [2.24, 2.45) is 0 Å². The maximum Gasteiger partial charge on any atom is 0.417 e. The summed E-state index contributed by atoms with van der Waals surface area (Å²) < 4.78 is 38.0. The van der Waals surface area contributed by atoms with E-state index in [9.17, 15) is 18.0 Å². The summed E-state index contributed by atoms with van der Waals surface area (Å²) in [5.41, 5.74) is 1.14. The Hall–Kier alpha value is -3.30. The molecule has 0 spiro atoms. The van der Waals surface area contributed by atoms with Gasteiger partial charge in [-0.3, -0.25) is 9.78 Å². The van der Waals surface area contributed by atoms with E-state index in [0.717, 1.165) is 12.3 Å². The first kappa shape index (κ1) is 21.4. The third-order valence-corrected chi connectivity index (χ3v) is 4.80. The van der Waals surface area contributed by atoms with Gasteiger partial charge in [-0.15, -0.1) is 4.80 Å². The van der Waals surface area contributed by atoms with E-state index in [1.54, 1.807) is 31.0 Å². The summed E-state index contributed by atoms with van der Waals surface area (Å²) in [6, 6.07) is 5.69. The molecule has 0 N–H and O–H groups in total. The van der Waals surface area contributed by atoms with Crippen molar-refractivity contribution in [3.63, 3.8) is 0 Å². The van der Waals surface area contributed by atoms with Crippen molar-refractivity contribution in [1.82, 2.24) is 29.9 Å². The molecule has 158 valence electrons. The van der Waals surface area contributed by atoms with Crippen LogP contribution in [0.3, 0.4) is 0 Å². The molecule has 0 bridgehead atoms. The molecule has 3 rings (SSSR count). The molecule has 30 heavy (non-hydrogen) atoms. The van der Waals surface area contributed by atoms with E-state index >= 15 is 0 Å². The van der Waals surface area contributed by atoms with Crippen LogP contribution in [0.4, 0.5) is 13.2 Å². The van der Waals surface area contributed by atoms with Gasteiger partial charge in [0.15, 0.2) is 5.69 Å². The molecule has 0 unspecified atom stereocenters.